The first kappa shape index (κ1) is 17.9. The quantitative estimate of drug-likeness (QED) is 0.915. The van der Waals surface area contributed by atoms with Gasteiger partial charge in [0.15, 0.2) is 9.84 Å². The largest absolute Gasteiger partial charge is 0.417 e. The van der Waals surface area contributed by atoms with Gasteiger partial charge in [0.05, 0.1) is 10.5 Å². The van der Waals surface area contributed by atoms with Crippen LogP contribution in [0.3, 0.4) is 0 Å². The highest BCUT2D eigenvalue weighted by Crippen LogP contribution is 2.41. The molecule has 0 saturated heterocycles. The average molecular weight is 358 g/mol. The van der Waals surface area contributed by atoms with E-state index in [0.717, 1.165) is 18.5 Å². The summed E-state index contributed by atoms with van der Waals surface area (Å²) in [5, 5.41) is 2.18. The molecule has 0 aliphatic carbocycles. The van der Waals surface area contributed by atoms with E-state index in [1.165, 1.54) is 25.4 Å². The Morgan fingerprint density at radius 2 is 1.92 bits per heavy atom. The van der Waals surface area contributed by atoms with Gasteiger partial charge < -0.3 is 5.32 Å². The van der Waals surface area contributed by atoms with Gasteiger partial charge in [0.25, 0.3) is 5.91 Å². The van der Waals surface area contributed by atoms with Gasteiger partial charge in [-0.25, -0.2) is 8.42 Å². The number of carbonyl (C=O) groups excluding carboxylic acids is 1. The second-order valence-corrected chi connectivity index (χ2v) is 6.97. The van der Waals surface area contributed by atoms with E-state index < -0.39 is 43.5 Å². The molecule has 2 aromatic rings. The molecule has 1 N–H and O–H groups in total. The Bertz CT molecular complexity index is 879. The highest BCUT2D eigenvalue weighted by Gasteiger charge is 2.37. The zero-order valence-electron chi connectivity index (χ0n) is 12.7. The van der Waals surface area contributed by atoms with Gasteiger partial charge in [0, 0.05) is 42.4 Å². The molecule has 0 saturated carbocycles. The molecule has 1 aromatic carbocycles. The average Bonchev–Trinajstić information content (AvgIpc) is 2.52. The monoisotopic (exact) mass is 358 g/mol. The minimum atomic E-state index is -4.85. The second kappa shape index (κ2) is 6.23. The van der Waals surface area contributed by atoms with Crippen molar-refractivity contribution in [2.45, 2.75) is 11.1 Å². The van der Waals surface area contributed by atoms with Crippen molar-refractivity contribution >= 4 is 15.7 Å². The molecule has 0 aliphatic rings. The van der Waals surface area contributed by atoms with Gasteiger partial charge in [-0.3, -0.25) is 9.78 Å². The summed E-state index contributed by atoms with van der Waals surface area (Å²) in [5.41, 5.74) is -2.13. The first-order valence-corrected chi connectivity index (χ1v) is 8.52. The maximum absolute atomic E-state index is 13.5. The van der Waals surface area contributed by atoms with Crippen LogP contribution in [-0.2, 0) is 16.0 Å². The normalized spacial score (nSPS) is 12.0. The van der Waals surface area contributed by atoms with Crippen molar-refractivity contribution in [2.24, 2.45) is 0 Å². The van der Waals surface area contributed by atoms with Crippen molar-refractivity contribution < 1.29 is 26.4 Å². The molecular weight excluding hydrogens is 345 g/mol. The van der Waals surface area contributed by atoms with Crippen LogP contribution >= 0.6 is 0 Å². The van der Waals surface area contributed by atoms with Crippen LogP contribution in [-0.4, -0.2) is 32.6 Å². The van der Waals surface area contributed by atoms with Gasteiger partial charge in [-0.2, -0.15) is 13.2 Å². The number of aromatic nitrogens is 1. The molecular formula is C15H13F3N2O3S. The topological polar surface area (TPSA) is 76.1 Å². The van der Waals surface area contributed by atoms with Crippen LogP contribution in [0.2, 0.25) is 0 Å². The fourth-order valence-corrected chi connectivity index (χ4v) is 3.15. The number of alkyl halides is 3. The Kier molecular flexibility index (Phi) is 4.66. The summed E-state index contributed by atoms with van der Waals surface area (Å²) >= 11 is 0. The Morgan fingerprint density at radius 1 is 1.25 bits per heavy atom. The van der Waals surface area contributed by atoms with Crippen LogP contribution in [0, 0.1) is 0 Å². The third-order valence-electron chi connectivity index (χ3n) is 3.25. The number of nitrogens with zero attached hydrogens (tertiary/aromatic N) is 1. The summed E-state index contributed by atoms with van der Waals surface area (Å²) in [6.45, 7) is 0. The van der Waals surface area contributed by atoms with E-state index in [4.69, 9.17) is 0 Å². The molecule has 1 amide bonds. The molecule has 0 fully saturated rings. The fraction of sp³-hybridized carbons (Fsp3) is 0.200. The standard InChI is InChI=1S/C15H13F3N2O3S/c1-19-14(21)10-6-11(15(16,17)18)13(9-4-3-5-20-8-9)12(7-10)24(2,22)23/h3-8H,1-2H3,(H,19,21). The summed E-state index contributed by atoms with van der Waals surface area (Å²) in [7, 11) is -2.80. The van der Waals surface area contributed by atoms with E-state index in [0.29, 0.717) is 6.07 Å². The smallest absolute Gasteiger partial charge is 0.355 e. The van der Waals surface area contributed by atoms with E-state index in [9.17, 15) is 26.4 Å². The first-order valence-electron chi connectivity index (χ1n) is 6.63. The molecule has 9 heteroatoms. The minimum absolute atomic E-state index is 0.00583. The summed E-state index contributed by atoms with van der Waals surface area (Å²) < 4.78 is 64.6. The molecule has 128 valence electrons. The van der Waals surface area contributed by atoms with Crippen molar-refractivity contribution in [3.05, 3.63) is 47.8 Å². The predicted molar refractivity (Wildman–Crippen MR) is 81.2 cm³/mol. The number of carbonyl (C=O) groups is 1. The van der Waals surface area contributed by atoms with Crippen molar-refractivity contribution in [3.8, 4) is 11.1 Å². The molecule has 0 aliphatic heterocycles. The van der Waals surface area contributed by atoms with Crippen LogP contribution in [0.5, 0.6) is 0 Å². The van der Waals surface area contributed by atoms with Gasteiger partial charge in [-0.15, -0.1) is 0 Å². The number of hydrogen-bond acceptors (Lipinski definition) is 4. The van der Waals surface area contributed by atoms with Crippen LogP contribution in [0.25, 0.3) is 11.1 Å². The van der Waals surface area contributed by atoms with Crippen LogP contribution in [0.4, 0.5) is 13.2 Å². The predicted octanol–water partition coefficient (Wildman–Crippen LogP) is 2.53. The maximum atomic E-state index is 13.5. The Labute approximate surface area is 136 Å². The fourth-order valence-electron chi connectivity index (χ4n) is 2.22. The number of amides is 1. The zero-order valence-corrected chi connectivity index (χ0v) is 13.5. The van der Waals surface area contributed by atoms with Crippen molar-refractivity contribution in [1.29, 1.82) is 0 Å². The van der Waals surface area contributed by atoms with Crippen molar-refractivity contribution in [3.63, 3.8) is 0 Å². The lowest BCUT2D eigenvalue weighted by Crippen LogP contribution is -2.20. The van der Waals surface area contributed by atoms with Gasteiger partial charge in [0.2, 0.25) is 0 Å². The third kappa shape index (κ3) is 3.56. The molecule has 0 unspecified atom stereocenters. The molecule has 5 nitrogen and oxygen atoms in total. The highest BCUT2D eigenvalue weighted by molar-refractivity contribution is 7.90. The first-order chi connectivity index (χ1) is 11.1. The summed E-state index contributed by atoms with van der Waals surface area (Å²) in [4.78, 5) is 14.9. The van der Waals surface area contributed by atoms with E-state index >= 15 is 0 Å². The minimum Gasteiger partial charge on any atom is -0.355 e. The number of sulfone groups is 1. The summed E-state index contributed by atoms with van der Waals surface area (Å²) in [6, 6.07) is 4.29. The number of hydrogen-bond donors (Lipinski definition) is 1. The molecule has 1 aromatic heterocycles. The van der Waals surface area contributed by atoms with Crippen LogP contribution < -0.4 is 5.32 Å². The molecule has 1 heterocycles. The lowest BCUT2D eigenvalue weighted by molar-refractivity contribution is -0.137. The van der Waals surface area contributed by atoms with Gasteiger partial charge >= 0.3 is 6.18 Å². The summed E-state index contributed by atoms with van der Waals surface area (Å²) in [6.07, 6.45) is -1.57. The SMILES string of the molecule is CNC(=O)c1cc(C(F)(F)F)c(-c2cccnc2)c(S(C)(=O)=O)c1. The maximum Gasteiger partial charge on any atom is 0.417 e. The number of nitrogens with one attached hydrogen (secondary N) is 1. The van der Waals surface area contributed by atoms with E-state index in [1.54, 1.807) is 0 Å². The van der Waals surface area contributed by atoms with E-state index in [2.05, 4.69) is 10.3 Å². The molecule has 0 spiro atoms. The molecule has 0 bridgehead atoms. The molecule has 0 radical (unpaired) electrons. The van der Waals surface area contributed by atoms with Gasteiger partial charge in [-0.1, -0.05) is 6.07 Å². The van der Waals surface area contributed by atoms with Crippen molar-refractivity contribution in [1.82, 2.24) is 10.3 Å². The highest BCUT2D eigenvalue weighted by atomic mass is 32.2. The lowest BCUT2D eigenvalue weighted by Gasteiger charge is -2.18. The van der Waals surface area contributed by atoms with Crippen LogP contribution in [0.15, 0.2) is 41.6 Å². The Balaban J connectivity index is 2.97. The van der Waals surface area contributed by atoms with Gasteiger partial charge in [0.1, 0.15) is 0 Å². The van der Waals surface area contributed by atoms with Crippen LogP contribution in [0.1, 0.15) is 15.9 Å². The molecule has 0 atom stereocenters. The number of rotatable bonds is 3. The van der Waals surface area contributed by atoms with E-state index in [1.807, 2.05) is 0 Å². The molecule has 24 heavy (non-hydrogen) atoms. The van der Waals surface area contributed by atoms with Crippen molar-refractivity contribution in [2.75, 3.05) is 13.3 Å². The Hall–Kier alpha value is -2.42. The second-order valence-electron chi connectivity index (χ2n) is 4.99. The number of pyridine rings is 1. The lowest BCUT2D eigenvalue weighted by atomic mass is 9.97. The summed E-state index contributed by atoms with van der Waals surface area (Å²) in [5.74, 6) is -0.817. The van der Waals surface area contributed by atoms with Gasteiger partial charge in [-0.05, 0) is 18.2 Å². The third-order valence-corrected chi connectivity index (χ3v) is 4.37. The Morgan fingerprint density at radius 3 is 2.38 bits per heavy atom. The van der Waals surface area contributed by atoms with E-state index in [-0.39, 0.29) is 5.56 Å². The molecule has 2 rings (SSSR count). The number of halogens is 3. The number of benzene rings is 1. The zero-order chi connectivity index (χ0) is 18.1.